The fourth-order valence-electron chi connectivity index (χ4n) is 2.07. The number of benzene rings is 2. The van der Waals surface area contributed by atoms with E-state index in [1.807, 2.05) is 50.5 Å². The zero-order valence-electron chi connectivity index (χ0n) is 13.6. The maximum atomic E-state index is 11.7. The molecule has 1 N–H and O–H groups in total. The number of rotatable bonds is 5. The predicted octanol–water partition coefficient (Wildman–Crippen LogP) is 3.13. The van der Waals surface area contributed by atoms with E-state index in [0.29, 0.717) is 6.42 Å². The highest BCUT2D eigenvalue weighted by Gasteiger charge is 2.05. The lowest BCUT2D eigenvalue weighted by atomic mass is 10.1. The molecule has 1 amide bonds. The van der Waals surface area contributed by atoms with E-state index >= 15 is 0 Å². The third-order valence-corrected chi connectivity index (χ3v) is 3.46. The molecular formula is C18H23N3O. The van der Waals surface area contributed by atoms with E-state index in [9.17, 15) is 4.79 Å². The Kier molecular flexibility index (Phi) is 5.04. The van der Waals surface area contributed by atoms with Crippen molar-refractivity contribution in [1.82, 2.24) is 4.90 Å². The third-order valence-electron chi connectivity index (χ3n) is 3.46. The topological polar surface area (TPSA) is 35.6 Å². The van der Waals surface area contributed by atoms with E-state index in [4.69, 9.17) is 0 Å². The number of nitrogens with zero attached hydrogens (tertiary/aromatic N) is 2. The Balaban J connectivity index is 2.05. The van der Waals surface area contributed by atoms with Gasteiger partial charge in [0.05, 0.1) is 6.42 Å². The molecule has 0 radical (unpaired) electrons. The number of anilines is 3. The Bertz CT molecular complexity index is 633. The van der Waals surface area contributed by atoms with Gasteiger partial charge in [0, 0.05) is 45.3 Å². The molecule has 0 heterocycles. The van der Waals surface area contributed by atoms with Gasteiger partial charge < -0.3 is 15.1 Å². The van der Waals surface area contributed by atoms with Gasteiger partial charge in [-0.05, 0) is 35.9 Å². The lowest BCUT2D eigenvalue weighted by molar-refractivity contribution is -0.127. The van der Waals surface area contributed by atoms with E-state index in [2.05, 4.69) is 22.3 Å². The van der Waals surface area contributed by atoms with Crippen LogP contribution in [0.5, 0.6) is 0 Å². The molecule has 0 atom stereocenters. The van der Waals surface area contributed by atoms with Gasteiger partial charge in [-0.25, -0.2) is 0 Å². The summed E-state index contributed by atoms with van der Waals surface area (Å²) in [6, 6.07) is 16.2. The first-order valence-electron chi connectivity index (χ1n) is 7.29. The van der Waals surface area contributed by atoms with E-state index < -0.39 is 0 Å². The first kappa shape index (κ1) is 15.9. The molecule has 2 aromatic carbocycles. The van der Waals surface area contributed by atoms with Gasteiger partial charge in [0.15, 0.2) is 0 Å². The number of hydrogen-bond donors (Lipinski definition) is 1. The summed E-state index contributed by atoms with van der Waals surface area (Å²) in [5.41, 5.74) is 4.23. The summed E-state index contributed by atoms with van der Waals surface area (Å²) in [6.07, 6.45) is 0.434. The number of amides is 1. The molecule has 4 heteroatoms. The summed E-state index contributed by atoms with van der Waals surface area (Å²) in [6.45, 7) is 0. The number of nitrogens with one attached hydrogen (secondary N) is 1. The van der Waals surface area contributed by atoms with Gasteiger partial charge in [-0.2, -0.15) is 0 Å². The van der Waals surface area contributed by atoms with E-state index in [1.165, 1.54) is 0 Å². The molecule has 0 aromatic heterocycles. The van der Waals surface area contributed by atoms with Crippen molar-refractivity contribution in [1.29, 1.82) is 0 Å². The molecule has 0 fully saturated rings. The third kappa shape index (κ3) is 4.25. The first-order valence-corrected chi connectivity index (χ1v) is 7.29. The molecule has 0 aliphatic heterocycles. The zero-order valence-corrected chi connectivity index (χ0v) is 13.6. The van der Waals surface area contributed by atoms with Crippen molar-refractivity contribution in [2.45, 2.75) is 6.42 Å². The summed E-state index contributed by atoms with van der Waals surface area (Å²) in [5, 5.41) is 3.38. The monoisotopic (exact) mass is 297 g/mol. The van der Waals surface area contributed by atoms with Crippen molar-refractivity contribution in [3.8, 4) is 0 Å². The minimum absolute atomic E-state index is 0.111. The maximum absolute atomic E-state index is 11.7. The molecule has 0 saturated carbocycles. The summed E-state index contributed by atoms with van der Waals surface area (Å²) in [4.78, 5) is 15.4. The average Bonchev–Trinajstić information content (AvgIpc) is 2.49. The highest BCUT2D eigenvalue weighted by Crippen LogP contribution is 2.21. The Hall–Kier alpha value is -2.49. The van der Waals surface area contributed by atoms with Crippen LogP contribution in [0.2, 0.25) is 0 Å². The highest BCUT2D eigenvalue weighted by atomic mass is 16.2. The second-order valence-corrected chi connectivity index (χ2v) is 5.73. The van der Waals surface area contributed by atoms with Crippen molar-refractivity contribution >= 4 is 23.0 Å². The lowest BCUT2D eigenvalue weighted by Crippen LogP contribution is -2.23. The van der Waals surface area contributed by atoms with Crippen LogP contribution < -0.4 is 10.2 Å². The normalized spacial score (nSPS) is 10.2. The Morgan fingerprint density at radius 1 is 0.955 bits per heavy atom. The van der Waals surface area contributed by atoms with Gasteiger partial charge in [-0.1, -0.05) is 18.2 Å². The summed E-state index contributed by atoms with van der Waals surface area (Å²) >= 11 is 0. The molecule has 4 nitrogen and oxygen atoms in total. The van der Waals surface area contributed by atoms with E-state index in [0.717, 1.165) is 22.6 Å². The Morgan fingerprint density at radius 3 is 2.23 bits per heavy atom. The SMILES string of the molecule is CN(C)C(=O)Cc1ccc(Nc2cccc(N(C)C)c2)cc1. The second kappa shape index (κ2) is 6.98. The fraction of sp³-hybridized carbons (Fsp3) is 0.278. The van der Waals surface area contributed by atoms with Crippen molar-refractivity contribution in [3.63, 3.8) is 0 Å². The Labute approximate surface area is 132 Å². The van der Waals surface area contributed by atoms with Crippen LogP contribution >= 0.6 is 0 Å². The molecule has 2 rings (SSSR count). The molecule has 0 bridgehead atoms. The average molecular weight is 297 g/mol. The number of hydrogen-bond acceptors (Lipinski definition) is 3. The van der Waals surface area contributed by atoms with Crippen LogP contribution in [-0.2, 0) is 11.2 Å². The van der Waals surface area contributed by atoms with E-state index in [-0.39, 0.29) is 5.91 Å². The maximum Gasteiger partial charge on any atom is 0.226 e. The van der Waals surface area contributed by atoms with Crippen molar-refractivity contribution in [3.05, 3.63) is 54.1 Å². The number of carbonyl (C=O) groups is 1. The standard InChI is InChI=1S/C18H23N3O/c1-20(2)17-7-5-6-16(13-17)19-15-10-8-14(9-11-15)12-18(22)21(3)4/h5-11,13,19H,12H2,1-4H3. The first-order chi connectivity index (χ1) is 10.5. The van der Waals surface area contributed by atoms with Gasteiger partial charge in [0.2, 0.25) is 5.91 Å². The molecular weight excluding hydrogens is 274 g/mol. The van der Waals surface area contributed by atoms with E-state index in [1.54, 1.807) is 19.0 Å². The van der Waals surface area contributed by atoms with Crippen molar-refractivity contribution in [2.24, 2.45) is 0 Å². The van der Waals surface area contributed by atoms with Crippen LogP contribution in [0.1, 0.15) is 5.56 Å². The minimum atomic E-state index is 0.111. The fourth-order valence-corrected chi connectivity index (χ4v) is 2.07. The van der Waals surface area contributed by atoms with Crippen LogP contribution in [0, 0.1) is 0 Å². The lowest BCUT2D eigenvalue weighted by Gasteiger charge is -2.15. The van der Waals surface area contributed by atoms with Gasteiger partial charge >= 0.3 is 0 Å². The summed E-state index contributed by atoms with van der Waals surface area (Å²) in [7, 11) is 7.59. The van der Waals surface area contributed by atoms with Gasteiger partial charge in [-0.3, -0.25) is 4.79 Å². The summed E-state index contributed by atoms with van der Waals surface area (Å²) < 4.78 is 0. The minimum Gasteiger partial charge on any atom is -0.378 e. The van der Waals surface area contributed by atoms with Crippen LogP contribution in [0.4, 0.5) is 17.1 Å². The molecule has 22 heavy (non-hydrogen) atoms. The van der Waals surface area contributed by atoms with Gasteiger partial charge in [0.25, 0.3) is 0 Å². The van der Waals surface area contributed by atoms with Crippen molar-refractivity contribution < 1.29 is 4.79 Å². The van der Waals surface area contributed by atoms with Crippen LogP contribution in [0.3, 0.4) is 0 Å². The largest absolute Gasteiger partial charge is 0.378 e. The molecule has 0 saturated heterocycles. The molecule has 0 aliphatic carbocycles. The second-order valence-electron chi connectivity index (χ2n) is 5.73. The smallest absolute Gasteiger partial charge is 0.226 e. The van der Waals surface area contributed by atoms with Crippen molar-refractivity contribution in [2.75, 3.05) is 38.4 Å². The molecule has 0 unspecified atom stereocenters. The Morgan fingerprint density at radius 2 is 1.64 bits per heavy atom. The zero-order chi connectivity index (χ0) is 16.1. The van der Waals surface area contributed by atoms with Crippen LogP contribution in [0.25, 0.3) is 0 Å². The molecule has 0 aliphatic rings. The van der Waals surface area contributed by atoms with Crippen LogP contribution in [0.15, 0.2) is 48.5 Å². The molecule has 0 spiro atoms. The predicted molar refractivity (Wildman–Crippen MR) is 92.9 cm³/mol. The van der Waals surface area contributed by atoms with Gasteiger partial charge in [-0.15, -0.1) is 0 Å². The van der Waals surface area contributed by atoms with Gasteiger partial charge in [0.1, 0.15) is 0 Å². The number of likely N-dealkylation sites (N-methyl/N-ethyl adjacent to an activating group) is 1. The quantitative estimate of drug-likeness (QED) is 0.921. The molecule has 2 aromatic rings. The highest BCUT2D eigenvalue weighted by molar-refractivity contribution is 5.78. The number of carbonyl (C=O) groups excluding carboxylic acids is 1. The summed E-state index contributed by atoms with van der Waals surface area (Å²) in [5.74, 6) is 0.111. The molecule has 116 valence electrons. The van der Waals surface area contributed by atoms with Crippen LogP contribution in [-0.4, -0.2) is 39.0 Å².